The van der Waals surface area contributed by atoms with Crippen molar-refractivity contribution in [2.75, 3.05) is 0 Å². The Morgan fingerprint density at radius 2 is 1.00 bits per heavy atom. The molecule has 8 nitrogen and oxygen atoms in total. The monoisotopic (exact) mass is 731 g/mol. The fourth-order valence-electron chi connectivity index (χ4n) is 8.38. The summed E-state index contributed by atoms with van der Waals surface area (Å²) in [6.07, 6.45) is 1.81. The lowest BCUT2D eigenvalue weighted by atomic mass is 10.1. The van der Waals surface area contributed by atoms with E-state index in [2.05, 4.69) is 111 Å². The number of rotatable bonds is 5. The maximum absolute atomic E-state index is 6.55. The molecule has 0 unspecified atom stereocenters. The van der Waals surface area contributed by atoms with Crippen LogP contribution >= 0.6 is 0 Å². The first-order valence-electron chi connectivity index (χ1n) is 18.9. The lowest BCUT2D eigenvalue weighted by Gasteiger charge is -2.13. The molecule has 5 aromatic heterocycles. The molecule has 57 heavy (non-hydrogen) atoms. The molecule has 12 rings (SSSR count). The molecule has 5 heterocycles. The lowest BCUT2D eigenvalue weighted by molar-refractivity contribution is 0.620. The number of aromatic nitrogens is 7. The van der Waals surface area contributed by atoms with Crippen LogP contribution in [0.4, 0.5) is 0 Å². The van der Waals surface area contributed by atoms with Crippen molar-refractivity contribution in [2.45, 2.75) is 0 Å². The minimum atomic E-state index is 0.471. The second kappa shape index (κ2) is 12.3. The normalized spacial score (nSPS) is 11.9. The molecule has 12 aromatic rings. The highest BCUT2D eigenvalue weighted by Crippen LogP contribution is 2.42. The predicted octanol–water partition coefficient (Wildman–Crippen LogP) is 11.8. The zero-order valence-corrected chi connectivity index (χ0v) is 30.3. The van der Waals surface area contributed by atoms with Crippen molar-refractivity contribution < 1.29 is 4.42 Å². The molecule has 0 N–H and O–H groups in total. The fourth-order valence-corrected chi connectivity index (χ4v) is 8.38. The van der Waals surface area contributed by atoms with Crippen LogP contribution in [0.25, 0.3) is 111 Å². The smallest absolute Gasteiger partial charge is 0.238 e. The van der Waals surface area contributed by atoms with E-state index in [9.17, 15) is 0 Å². The molecule has 0 radical (unpaired) electrons. The van der Waals surface area contributed by atoms with Crippen LogP contribution < -0.4 is 0 Å². The molecule has 0 saturated heterocycles. The second-order valence-corrected chi connectivity index (χ2v) is 14.1. The van der Waals surface area contributed by atoms with Crippen LogP contribution in [-0.4, -0.2) is 34.1 Å². The average molecular weight is 732 g/mol. The van der Waals surface area contributed by atoms with E-state index in [0.29, 0.717) is 29.1 Å². The van der Waals surface area contributed by atoms with Gasteiger partial charge in [0.25, 0.3) is 0 Å². The molecule has 0 aliphatic carbocycles. The van der Waals surface area contributed by atoms with E-state index in [1.165, 1.54) is 5.39 Å². The van der Waals surface area contributed by atoms with Crippen molar-refractivity contribution in [2.24, 2.45) is 0 Å². The van der Waals surface area contributed by atoms with E-state index in [1.807, 2.05) is 79.0 Å². The quantitative estimate of drug-likeness (QED) is 0.175. The number of pyridine rings is 1. The van der Waals surface area contributed by atoms with Crippen molar-refractivity contribution in [1.29, 1.82) is 0 Å². The minimum Gasteiger partial charge on any atom is -0.435 e. The van der Waals surface area contributed by atoms with Gasteiger partial charge in [0.15, 0.2) is 17.2 Å². The van der Waals surface area contributed by atoms with E-state index in [-0.39, 0.29) is 0 Å². The Bertz CT molecular complexity index is 3520. The molecular weight excluding hydrogens is 703 g/mol. The number of benzene rings is 7. The number of nitrogens with zero attached hydrogens (tertiary/aromatic N) is 7. The highest BCUT2D eigenvalue weighted by molar-refractivity contribution is 6.23. The van der Waals surface area contributed by atoms with Crippen LogP contribution in [0.2, 0.25) is 0 Å². The van der Waals surface area contributed by atoms with Crippen molar-refractivity contribution >= 4 is 65.6 Å². The van der Waals surface area contributed by atoms with Gasteiger partial charge in [-0.3, -0.25) is 9.55 Å². The molecule has 0 aliphatic rings. The Morgan fingerprint density at radius 1 is 0.404 bits per heavy atom. The number of hydrogen-bond donors (Lipinski definition) is 0. The van der Waals surface area contributed by atoms with Crippen LogP contribution in [0.15, 0.2) is 180 Å². The summed E-state index contributed by atoms with van der Waals surface area (Å²) in [7, 11) is 0. The Labute approximate surface area is 325 Å². The lowest BCUT2D eigenvalue weighted by Crippen LogP contribution is -2.07. The van der Waals surface area contributed by atoms with Crippen molar-refractivity contribution in [3.63, 3.8) is 0 Å². The van der Waals surface area contributed by atoms with Gasteiger partial charge >= 0.3 is 0 Å². The van der Waals surface area contributed by atoms with Crippen LogP contribution in [0.5, 0.6) is 0 Å². The van der Waals surface area contributed by atoms with Crippen LogP contribution in [-0.2, 0) is 0 Å². The first kappa shape index (κ1) is 31.4. The molecule has 0 fully saturated rings. The summed E-state index contributed by atoms with van der Waals surface area (Å²) in [6.45, 7) is 0. The summed E-state index contributed by atoms with van der Waals surface area (Å²) < 4.78 is 11.1. The molecule has 7 aromatic carbocycles. The van der Waals surface area contributed by atoms with Gasteiger partial charge in [-0.25, -0.2) is 9.97 Å². The molecule has 8 heteroatoms. The van der Waals surface area contributed by atoms with Gasteiger partial charge in [-0.15, -0.1) is 0 Å². The van der Waals surface area contributed by atoms with Gasteiger partial charge in [0.05, 0.1) is 33.1 Å². The zero-order valence-electron chi connectivity index (χ0n) is 30.3. The van der Waals surface area contributed by atoms with Gasteiger partial charge in [-0.05, 0) is 60.7 Å². The Morgan fingerprint density at radius 3 is 1.75 bits per heavy atom. The summed E-state index contributed by atoms with van der Waals surface area (Å²) in [6, 6.07) is 58.0. The Hall–Kier alpha value is -7.97. The Balaban J connectivity index is 1.22. The van der Waals surface area contributed by atoms with E-state index < -0.39 is 0 Å². The van der Waals surface area contributed by atoms with Crippen molar-refractivity contribution in [1.82, 2.24) is 34.1 Å². The molecule has 0 amide bonds. The van der Waals surface area contributed by atoms with E-state index in [0.717, 1.165) is 77.0 Å². The number of para-hydroxylation sites is 5. The molecule has 0 atom stereocenters. The molecule has 0 aliphatic heterocycles. The minimum absolute atomic E-state index is 0.471. The molecule has 0 spiro atoms. The zero-order chi connectivity index (χ0) is 37.5. The van der Waals surface area contributed by atoms with Crippen LogP contribution in [0.3, 0.4) is 0 Å². The van der Waals surface area contributed by atoms with Gasteiger partial charge < -0.3 is 8.98 Å². The number of oxazole rings is 1. The topological polar surface area (TPSA) is 87.5 Å². The highest BCUT2D eigenvalue weighted by atomic mass is 16.3. The number of hydrogen-bond acceptors (Lipinski definition) is 6. The van der Waals surface area contributed by atoms with Gasteiger partial charge in [-0.1, -0.05) is 109 Å². The summed E-state index contributed by atoms with van der Waals surface area (Å²) >= 11 is 0. The standard InChI is InChI=1S/C49H29N7O/c1-3-14-30(15-4-1)48-51-40-23-13-21-38(45(40)57-48)47-52-46(37-28-29-50-39-22-10-7-18-32(37)39)53-49(54-47)56-42-25-12-9-20-34(42)36-27-26-35-33-19-8-11-24-41(33)55(43(35)44(36)56)31-16-5-2-6-17-31/h1-29H. The maximum Gasteiger partial charge on any atom is 0.238 e. The van der Waals surface area contributed by atoms with E-state index in [1.54, 1.807) is 0 Å². The van der Waals surface area contributed by atoms with Crippen molar-refractivity contribution in [3.05, 3.63) is 176 Å². The summed E-state index contributed by atoms with van der Waals surface area (Å²) in [5.74, 6) is 2.01. The summed E-state index contributed by atoms with van der Waals surface area (Å²) in [5.41, 5.74) is 9.88. The van der Waals surface area contributed by atoms with E-state index >= 15 is 0 Å². The maximum atomic E-state index is 6.55. The summed E-state index contributed by atoms with van der Waals surface area (Å²) in [5, 5.41) is 5.45. The SMILES string of the molecule is c1ccc(-c2nc3cccc(-c4nc(-c5ccnc6ccccc56)nc(-n5c6ccccc6c6ccc7c8ccccc8n(-c8ccccc8)c7c65)n4)c3o2)cc1. The second-order valence-electron chi connectivity index (χ2n) is 14.1. The molecular formula is C49H29N7O. The van der Waals surface area contributed by atoms with Crippen molar-refractivity contribution in [3.8, 4) is 45.9 Å². The fraction of sp³-hybridized carbons (Fsp3) is 0. The largest absolute Gasteiger partial charge is 0.435 e. The third kappa shape index (κ3) is 4.77. The van der Waals surface area contributed by atoms with Gasteiger partial charge in [0, 0.05) is 49.9 Å². The van der Waals surface area contributed by atoms with Gasteiger partial charge in [-0.2, -0.15) is 9.97 Å². The first-order chi connectivity index (χ1) is 28.3. The molecule has 0 bridgehead atoms. The van der Waals surface area contributed by atoms with Gasteiger partial charge in [0.1, 0.15) is 5.52 Å². The summed E-state index contributed by atoms with van der Waals surface area (Å²) in [4.78, 5) is 25.5. The molecule has 0 saturated carbocycles. The van der Waals surface area contributed by atoms with E-state index in [4.69, 9.17) is 24.4 Å². The van der Waals surface area contributed by atoms with Crippen LogP contribution in [0.1, 0.15) is 0 Å². The van der Waals surface area contributed by atoms with Gasteiger partial charge in [0.2, 0.25) is 11.8 Å². The first-order valence-corrected chi connectivity index (χ1v) is 18.9. The third-order valence-electron chi connectivity index (χ3n) is 10.9. The predicted molar refractivity (Wildman–Crippen MR) is 228 cm³/mol. The Kier molecular flexibility index (Phi) is 6.76. The number of fused-ring (bicyclic) bond motifs is 9. The van der Waals surface area contributed by atoms with Crippen LogP contribution in [0, 0.1) is 0 Å². The average Bonchev–Trinajstić information content (AvgIpc) is 3.97. The highest BCUT2D eigenvalue weighted by Gasteiger charge is 2.25. The third-order valence-corrected chi connectivity index (χ3v) is 10.9. The molecule has 266 valence electrons.